The third-order valence-corrected chi connectivity index (χ3v) is 4.86. The molecule has 2 rings (SSSR count). The summed E-state index contributed by atoms with van der Waals surface area (Å²) in [7, 11) is -0.907. The van der Waals surface area contributed by atoms with Crippen molar-refractivity contribution in [3.05, 3.63) is 11.9 Å². The molecule has 0 aromatic carbocycles. The van der Waals surface area contributed by atoms with Crippen LogP contribution in [0.5, 0.6) is 0 Å². The van der Waals surface area contributed by atoms with Crippen molar-refractivity contribution in [2.45, 2.75) is 26.3 Å². The zero-order valence-electron chi connectivity index (χ0n) is 11.8. The predicted octanol–water partition coefficient (Wildman–Crippen LogP) is 1.72. The summed E-state index contributed by atoms with van der Waals surface area (Å²) in [5, 5.41) is 3.17. The van der Waals surface area contributed by atoms with Crippen molar-refractivity contribution in [2.75, 3.05) is 31.2 Å². The van der Waals surface area contributed by atoms with Gasteiger partial charge in [0.05, 0.1) is 13.2 Å². The van der Waals surface area contributed by atoms with E-state index in [0.717, 1.165) is 19.1 Å². The van der Waals surface area contributed by atoms with Crippen LogP contribution in [0, 0.1) is 0 Å². The maximum atomic E-state index is 11.2. The lowest BCUT2D eigenvalue weighted by molar-refractivity contribution is 0.0996. The minimum absolute atomic E-state index is 0.219. The normalized spacial score (nSPS) is 17.9. The number of aromatic nitrogens is 2. The average molecular weight is 300 g/mol. The smallest absolute Gasteiger partial charge is 0.268 e. The van der Waals surface area contributed by atoms with Crippen molar-refractivity contribution in [1.29, 1.82) is 0 Å². The molecule has 8 heteroatoms. The first-order chi connectivity index (χ1) is 9.65. The lowest BCUT2D eigenvalue weighted by Crippen LogP contribution is -2.24. The van der Waals surface area contributed by atoms with Gasteiger partial charge in [-0.15, -0.1) is 0 Å². The van der Waals surface area contributed by atoms with Crippen molar-refractivity contribution in [3.63, 3.8) is 0 Å². The fourth-order valence-electron chi connectivity index (χ4n) is 2.19. The number of rotatable bonds is 7. The maximum Gasteiger partial charge on any atom is 0.268 e. The lowest BCUT2D eigenvalue weighted by atomic mass is 10.2. The van der Waals surface area contributed by atoms with E-state index in [1.165, 1.54) is 0 Å². The van der Waals surface area contributed by atoms with Gasteiger partial charge in [0.1, 0.15) is 5.69 Å². The molecule has 0 spiro atoms. The molecule has 0 saturated heterocycles. The number of hydrogen-bond donors (Lipinski definition) is 2. The highest BCUT2D eigenvalue weighted by Gasteiger charge is 2.26. The van der Waals surface area contributed by atoms with Crippen LogP contribution < -0.4 is 11.1 Å². The molecule has 0 aliphatic carbocycles. The van der Waals surface area contributed by atoms with Crippen LogP contribution in [0.15, 0.2) is 6.20 Å². The second-order valence-corrected chi connectivity index (χ2v) is 5.99. The summed E-state index contributed by atoms with van der Waals surface area (Å²) >= 11 is 0. The SMILES string of the molecule is CCOP(CC1CCNc2nc(C(N)=O)cn21)OCC. The summed E-state index contributed by atoms with van der Waals surface area (Å²) in [4.78, 5) is 15.4. The second kappa shape index (κ2) is 7.02. The van der Waals surface area contributed by atoms with Gasteiger partial charge in [0.2, 0.25) is 5.95 Å². The van der Waals surface area contributed by atoms with Gasteiger partial charge in [-0.3, -0.25) is 4.79 Å². The van der Waals surface area contributed by atoms with Gasteiger partial charge in [-0.25, -0.2) is 4.98 Å². The van der Waals surface area contributed by atoms with E-state index in [2.05, 4.69) is 10.3 Å². The Kier molecular flexibility index (Phi) is 5.34. The molecule has 0 fully saturated rings. The Hall–Kier alpha value is -1.17. The number of nitrogens with two attached hydrogens (primary N) is 1. The summed E-state index contributed by atoms with van der Waals surface area (Å²) in [6.45, 7) is 6.02. The van der Waals surface area contributed by atoms with E-state index in [-0.39, 0.29) is 11.7 Å². The molecule has 1 aliphatic heterocycles. The Morgan fingerprint density at radius 1 is 1.55 bits per heavy atom. The highest BCUT2D eigenvalue weighted by molar-refractivity contribution is 7.47. The van der Waals surface area contributed by atoms with Crippen molar-refractivity contribution in [1.82, 2.24) is 9.55 Å². The molecule has 2 heterocycles. The minimum Gasteiger partial charge on any atom is -0.364 e. The van der Waals surface area contributed by atoms with Crippen LogP contribution in [0.1, 0.15) is 36.8 Å². The van der Waals surface area contributed by atoms with E-state index in [4.69, 9.17) is 14.8 Å². The average Bonchev–Trinajstić information content (AvgIpc) is 2.84. The zero-order valence-corrected chi connectivity index (χ0v) is 12.7. The number of amides is 1. The lowest BCUT2D eigenvalue weighted by Gasteiger charge is -2.28. The fourth-order valence-corrected chi connectivity index (χ4v) is 3.76. The van der Waals surface area contributed by atoms with Gasteiger partial charge in [0, 0.05) is 24.9 Å². The van der Waals surface area contributed by atoms with Crippen LogP contribution in [0.3, 0.4) is 0 Å². The van der Waals surface area contributed by atoms with Crippen LogP contribution in [-0.2, 0) is 9.05 Å². The molecule has 112 valence electrons. The molecular weight excluding hydrogens is 279 g/mol. The van der Waals surface area contributed by atoms with Crippen molar-refractivity contribution < 1.29 is 13.8 Å². The Labute approximate surface area is 119 Å². The van der Waals surface area contributed by atoms with Crippen LogP contribution in [0.25, 0.3) is 0 Å². The third-order valence-electron chi connectivity index (χ3n) is 3.04. The number of primary amides is 1. The summed E-state index contributed by atoms with van der Waals surface area (Å²) in [6, 6.07) is 0.219. The number of carbonyl (C=O) groups excluding carboxylic acids is 1. The van der Waals surface area contributed by atoms with Gasteiger partial charge >= 0.3 is 0 Å². The second-order valence-electron chi connectivity index (χ2n) is 4.44. The molecule has 7 nitrogen and oxygen atoms in total. The Balaban J connectivity index is 2.12. The Morgan fingerprint density at radius 2 is 2.25 bits per heavy atom. The van der Waals surface area contributed by atoms with Crippen LogP contribution in [-0.4, -0.2) is 41.4 Å². The third kappa shape index (κ3) is 3.48. The first-order valence-corrected chi connectivity index (χ1v) is 8.17. The van der Waals surface area contributed by atoms with Crippen LogP contribution >= 0.6 is 8.38 Å². The molecule has 1 aliphatic rings. The minimum atomic E-state index is -0.907. The summed E-state index contributed by atoms with van der Waals surface area (Å²) in [5.74, 6) is 0.183. The topological polar surface area (TPSA) is 91.4 Å². The molecule has 0 saturated carbocycles. The summed E-state index contributed by atoms with van der Waals surface area (Å²) in [5.41, 5.74) is 5.57. The van der Waals surface area contributed by atoms with Gasteiger partial charge in [0.15, 0.2) is 8.38 Å². The number of nitrogens with zero attached hydrogens (tertiary/aromatic N) is 2. The van der Waals surface area contributed by atoms with Crippen molar-refractivity contribution in [2.24, 2.45) is 5.73 Å². The van der Waals surface area contributed by atoms with Gasteiger partial charge in [0.25, 0.3) is 5.91 Å². The van der Waals surface area contributed by atoms with E-state index in [0.29, 0.717) is 19.2 Å². The fraction of sp³-hybridized carbons (Fsp3) is 0.667. The molecule has 1 unspecified atom stereocenters. The molecule has 20 heavy (non-hydrogen) atoms. The Bertz CT molecular complexity index is 460. The Morgan fingerprint density at radius 3 is 2.85 bits per heavy atom. The summed E-state index contributed by atoms with van der Waals surface area (Å²) < 4.78 is 13.3. The van der Waals surface area contributed by atoms with Gasteiger partial charge in [-0.2, -0.15) is 0 Å². The molecule has 1 atom stereocenters. The van der Waals surface area contributed by atoms with E-state index in [1.54, 1.807) is 6.20 Å². The monoisotopic (exact) mass is 300 g/mol. The summed E-state index contributed by atoms with van der Waals surface area (Å²) in [6.07, 6.45) is 3.45. The first kappa shape index (κ1) is 15.2. The molecule has 1 aromatic heterocycles. The number of anilines is 1. The van der Waals surface area contributed by atoms with Crippen molar-refractivity contribution in [3.8, 4) is 0 Å². The highest BCUT2D eigenvalue weighted by atomic mass is 31.2. The predicted molar refractivity (Wildman–Crippen MR) is 77.9 cm³/mol. The number of nitrogens with one attached hydrogen (secondary N) is 1. The molecule has 1 amide bonds. The molecule has 0 radical (unpaired) electrons. The molecule has 1 aromatic rings. The van der Waals surface area contributed by atoms with Gasteiger partial charge in [-0.1, -0.05) is 0 Å². The molecule has 3 N–H and O–H groups in total. The van der Waals surface area contributed by atoms with Gasteiger partial charge < -0.3 is 24.7 Å². The number of imidazole rings is 1. The maximum absolute atomic E-state index is 11.2. The van der Waals surface area contributed by atoms with E-state index in [1.807, 2.05) is 18.4 Å². The number of carbonyl (C=O) groups is 1. The first-order valence-electron chi connectivity index (χ1n) is 6.81. The standard InChI is InChI=1S/C12H21N4O3P/c1-3-18-20(19-4-2)8-9-5-6-14-12-15-10(11(13)17)7-16(9)12/h7,9H,3-6,8H2,1-2H3,(H2,13,17)(H,14,15). The van der Waals surface area contributed by atoms with E-state index >= 15 is 0 Å². The van der Waals surface area contributed by atoms with Gasteiger partial charge in [-0.05, 0) is 20.3 Å². The van der Waals surface area contributed by atoms with E-state index in [9.17, 15) is 4.79 Å². The number of hydrogen-bond acceptors (Lipinski definition) is 5. The van der Waals surface area contributed by atoms with E-state index < -0.39 is 14.3 Å². The quantitative estimate of drug-likeness (QED) is 0.748. The van der Waals surface area contributed by atoms with Crippen molar-refractivity contribution >= 4 is 20.2 Å². The number of fused-ring (bicyclic) bond motifs is 1. The molecule has 0 bridgehead atoms. The zero-order chi connectivity index (χ0) is 14.5. The highest BCUT2D eigenvalue weighted by Crippen LogP contribution is 2.43. The largest absolute Gasteiger partial charge is 0.364 e. The van der Waals surface area contributed by atoms with Crippen LogP contribution in [0.4, 0.5) is 5.95 Å². The molecular formula is C12H21N4O3P. The van der Waals surface area contributed by atoms with Crippen LogP contribution in [0.2, 0.25) is 0 Å².